The molecule has 1 N–H and O–H groups in total. The molecular weight excluding hydrogens is 248 g/mol. The molecule has 0 aliphatic heterocycles. The minimum absolute atomic E-state index is 0.368. The standard InChI is InChI=1S/C17H30N2O/c1-14(2)19(4)12-7-6-11-18-15(3)16-9-8-10-17(13-16)20-5/h8-10,13-15,18H,6-7,11-12H2,1-5H3. The summed E-state index contributed by atoms with van der Waals surface area (Å²) in [6.07, 6.45) is 2.46. The summed E-state index contributed by atoms with van der Waals surface area (Å²) < 4.78 is 5.26. The van der Waals surface area contributed by atoms with Crippen molar-refractivity contribution in [2.24, 2.45) is 0 Å². The second-order valence-corrected chi connectivity index (χ2v) is 5.73. The smallest absolute Gasteiger partial charge is 0.119 e. The van der Waals surface area contributed by atoms with Gasteiger partial charge in [0.15, 0.2) is 0 Å². The Morgan fingerprint density at radius 2 is 1.95 bits per heavy atom. The predicted octanol–water partition coefficient (Wildman–Crippen LogP) is 3.47. The Kier molecular flexibility index (Phi) is 7.63. The molecule has 0 spiro atoms. The van der Waals surface area contributed by atoms with Gasteiger partial charge in [-0.3, -0.25) is 0 Å². The molecule has 0 aliphatic carbocycles. The average molecular weight is 278 g/mol. The van der Waals surface area contributed by atoms with Crippen molar-refractivity contribution in [1.82, 2.24) is 10.2 Å². The topological polar surface area (TPSA) is 24.5 Å². The number of ether oxygens (including phenoxy) is 1. The molecule has 3 heteroatoms. The zero-order valence-electron chi connectivity index (χ0n) is 13.6. The highest BCUT2D eigenvalue weighted by Gasteiger charge is 2.06. The molecule has 0 bridgehead atoms. The molecule has 3 nitrogen and oxygen atoms in total. The van der Waals surface area contributed by atoms with Crippen LogP contribution in [0.1, 0.15) is 45.2 Å². The second-order valence-electron chi connectivity index (χ2n) is 5.73. The second kappa shape index (κ2) is 8.98. The Hall–Kier alpha value is -1.06. The molecule has 0 amide bonds. The molecule has 0 fully saturated rings. The van der Waals surface area contributed by atoms with Gasteiger partial charge in [-0.2, -0.15) is 0 Å². The van der Waals surface area contributed by atoms with Gasteiger partial charge < -0.3 is 15.0 Å². The summed E-state index contributed by atoms with van der Waals surface area (Å²) in [5, 5.41) is 3.58. The normalized spacial score (nSPS) is 12.9. The van der Waals surface area contributed by atoms with Crippen LogP contribution in [-0.2, 0) is 0 Å². The molecule has 0 aromatic heterocycles. The van der Waals surface area contributed by atoms with E-state index in [1.54, 1.807) is 7.11 Å². The number of methoxy groups -OCH3 is 1. The maximum absolute atomic E-state index is 5.26. The summed E-state index contributed by atoms with van der Waals surface area (Å²) in [7, 11) is 3.90. The first-order chi connectivity index (χ1) is 9.54. The maximum atomic E-state index is 5.26. The van der Waals surface area contributed by atoms with Crippen molar-refractivity contribution >= 4 is 0 Å². The Morgan fingerprint density at radius 3 is 2.60 bits per heavy atom. The number of nitrogens with zero attached hydrogens (tertiary/aromatic N) is 1. The minimum atomic E-state index is 0.368. The van der Waals surface area contributed by atoms with Gasteiger partial charge in [-0.25, -0.2) is 0 Å². The number of rotatable bonds is 9. The molecule has 0 saturated carbocycles. The fourth-order valence-corrected chi connectivity index (χ4v) is 2.09. The highest BCUT2D eigenvalue weighted by atomic mass is 16.5. The van der Waals surface area contributed by atoms with E-state index in [0.29, 0.717) is 12.1 Å². The third-order valence-electron chi connectivity index (χ3n) is 3.86. The number of unbranched alkanes of at least 4 members (excludes halogenated alkanes) is 1. The lowest BCUT2D eigenvalue weighted by Crippen LogP contribution is -2.28. The molecule has 0 heterocycles. The number of hydrogen-bond donors (Lipinski definition) is 1. The van der Waals surface area contributed by atoms with E-state index >= 15 is 0 Å². The SMILES string of the molecule is COc1cccc(C(C)NCCCCN(C)C(C)C)c1. The summed E-state index contributed by atoms with van der Waals surface area (Å²) in [4.78, 5) is 2.39. The van der Waals surface area contributed by atoms with E-state index in [1.807, 2.05) is 12.1 Å². The molecule has 0 aliphatic rings. The molecule has 1 aromatic rings. The van der Waals surface area contributed by atoms with Crippen molar-refractivity contribution in [3.63, 3.8) is 0 Å². The number of benzene rings is 1. The van der Waals surface area contributed by atoms with Crippen LogP contribution < -0.4 is 10.1 Å². The predicted molar refractivity (Wildman–Crippen MR) is 86.4 cm³/mol. The van der Waals surface area contributed by atoms with Crippen LogP contribution in [0.5, 0.6) is 5.75 Å². The molecule has 1 unspecified atom stereocenters. The van der Waals surface area contributed by atoms with Gasteiger partial charge in [0.1, 0.15) is 5.75 Å². The van der Waals surface area contributed by atoms with E-state index in [2.05, 4.69) is 50.2 Å². The van der Waals surface area contributed by atoms with Gasteiger partial charge in [0, 0.05) is 12.1 Å². The van der Waals surface area contributed by atoms with Crippen LogP contribution in [0.4, 0.5) is 0 Å². The lowest BCUT2D eigenvalue weighted by molar-refractivity contribution is 0.267. The highest BCUT2D eigenvalue weighted by Crippen LogP contribution is 2.18. The monoisotopic (exact) mass is 278 g/mol. The number of nitrogens with one attached hydrogen (secondary N) is 1. The summed E-state index contributed by atoms with van der Waals surface area (Å²) in [6, 6.07) is 9.28. The van der Waals surface area contributed by atoms with Crippen LogP contribution in [0.15, 0.2) is 24.3 Å². The fraction of sp³-hybridized carbons (Fsp3) is 0.647. The third-order valence-corrected chi connectivity index (χ3v) is 3.86. The van der Waals surface area contributed by atoms with Crippen LogP contribution in [0, 0.1) is 0 Å². The fourth-order valence-electron chi connectivity index (χ4n) is 2.09. The highest BCUT2D eigenvalue weighted by molar-refractivity contribution is 5.30. The van der Waals surface area contributed by atoms with Crippen molar-refractivity contribution in [1.29, 1.82) is 0 Å². The molecule has 0 saturated heterocycles. The average Bonchev–Trinajstić information content (AvgIpc) is 2.46. The van der Waals surface area contributed by atoms with Gasteiger partial charge in [-0.15, -0.1) is 0 Å². The third kappa shape index (κ3) is 5.93. The van der Waals surface area contributed by atoms with E-state index in [9.17, 15) is 0 Å². The Balaban J connectivity index is 2.24. The van der Waals surface area contributed by atoms with Gasteiger partial charge in [0.05, 0.1) is 7.11 Å². The van der Waals surface area contributed by atoms with Crippen LogP contribution in [0.2, 0.25) is 0 Å². The zero-order chi connectivity index (χ0) is 15.0. The van der Waals surface area contributed by atoms with Crippen molar-refractivity contribution in [3.8, 4) is 5.75 Å². The summed E-state index contributed by atoms with van der Waals surface area (Å²) in [5.74, 6) is 0.926. The van der Waals surface area contributed by atoms with E-state index in [0.717, 1.165) is 12.3 Å². The van der Waals surface area contributed by atoms with Gasteiger partial charge >= 0.3 is 0 Å². The van der Waals surface area contributed by atoms with Gasteiger partial charge in [0.2, 0.25) is 0 Å². The largest absolute Gasteiger partial charge is 0.497 e. The molecular formula is C17H30N2O. The van der Waals surface area contributed by atoms with E-state index in [4.69, 9.17) is 4.74 Å². The molecule has 1 atom stereocenters. The first-order valence-electron chi connectivity index (χ1n) is 7.62. The van der Waals surface area contributed by atoms with Crippen molar-refractivity contribution in [2.75, 3.05) is 27.2 Å². The van der Waals surface area contributed by atoms with Gasteiger partial charge in [-0.05, 0) is 71.4 Å². The Morgan fingerprint density at radius 1 is 1.20 bits per heavy atom. The van der Waals surface area contributed by atoms with Crippen molar-refractivity contribution < 1.29 is 4.74 Å². The molecule has 114 valence electrons. The molecule has 1 aromatic carbocycles. The van der Waals surface area contributed by atoms with Crippen LogP contribution >= 0.6 is 0 Å². The Bertz CT molecular complexity index is 379. The first-order valence-corrected chi connectivity index (χ1v) is 7.62. The maximum Gasteiger partial charge on any atom is 0.119 e. The van der Waals surface area contributed by atoms with Crippen molar-refractivity contribution in [3.05, 3.63) is 29.8 Å². The quantitative estimate of drug-likeness (QED) is 0.700. The van der Waals surface area contributed by atoms with Gasteiger partial charge in [0.25, 0.3) is 0 Å². The summed E-state index contributed by atoms with van der Waals surface area (Å²) in [6.45, 7) is 8.92. The summed E-state index contributed by atoms with van der Waals surface area (Å²) in [5.41, 5.74) is 1.28. The molecule has 20 heavy (non-hydrogen) atoms. The van der Waals surface area contributed by atoms with E-state index in [-0.39, 0.29) is 0 Å². The lowest BCUT2D eigenvalue weighted by atomic mass is 10.1. The summed E-state index contributed by atoms with van der Waals surface area (Å²) >= 11 is 0. The molecule has 1 rings (SSSR count). The van der Waals surface area contributed by atoms with Crippen LogP contribution in [0.25, 0.3) is 0 Å². The van der Waals surface area contributed by atoms with Crippen LogP contribution in [-0.4, -0.2) is 38.2 Å². The first kappa shape index (κ1) is 17.0. The van der Waals surface area contributed by atoms with Crippen molar-refractivity contribution in [2.45, 2.75) is 45.7 Å². The van der Waals surface area contributed by atoms with Crippen LogP contribution in [0.3, 0.4) is 0 Å². The zero-order valence-corrected chi connectivity index (χ0v) is 13.6. The molecule has 0 radical (unpaired) electrons. The van der Waals surface area contributed by atoms with E-state index < -0.39 is 0 Å². The van der Waals surface area contributed by atoms with E-state index in [1.165, 1.54) is 24.9 Å². The Labute approximate surface area is 124 Å². The lowest BCUT2D eigenvalue weighted by Gasteiger charge is -2.21. The minimum Gasteiger partial charge on any atom is -0.497 e. The number of hydrogen-bond acceptors (Lipinski definition) is 3. The van der Waals surface area contributed by atoms with Gasteiger partial charge in [-0.1, -0.05) is 12.1 Å².